The zero-order valence-electron chi connectivity index (χ0n) is 18.2. The molecule has 1 fully saturated rings. The second kappa shape index (κ2) is 9.49. The van der Waals surface area contributed by atoms with Gasteiger partial charge in [-0.05, 0) is 59.8 Å². The Morgan fingerprint density at radius 2 is 2.06 bits per heavy atom. The molecule has 0 radical (unpaired) electrons. The molecule has 1 amide bonds. The number of benzene rings is 2. The lowest BCUT2D eigenvalue weighted by atomic mass is 9.94. The van der Waals surface area contributed by atoms with Gasteiger partial charge in [0.25, 0.3) is 5.91 Å². The Bertz CT molecular complexity index is 1270. The van der Waals surface area contributed by atoms with E-state index in [1.165, 1.54) is 12.1 Å². The molecule has 0 spiro atoms. The summed E-state index contributed by atoms with van der Waals surface area (Å²) in [4.78, 5) is 22.4. The van der Waals surface area contributed by atoms with Crippen LogP contribution in [0.5, 0.6) is 0 Å². The highest BCUT2D eigenvalue weighted by Gasteiger charge is 2.30. The Morgan fingerprint density at radius 1 is 1.24 bits per heavy atom. The highest BCUT2D eigenvalue weighted by atomic mass is 32.2. The van der Waals surface area contributed by atoms with Crippen molar-refractivity contribution in [3.05, 3.63) is 77.6 Å². The van der Waals surface area contributed by atoms with E-state index in [1.54, 1.807) is 24.5 Å². The topological polar surface area (TPSA) is 113 Å². The summed E-state index contributed by atoms with van der Waals surface area (Å²) in [5, 5.41) is 6.42. The number of fused-ring (bicyclic) bond motifs is 1. The Kier molecular flexibility index (Phi) is 6.27. The van der Waals surface area contributed by atoms with Crippen LogP contribution in [-0.4, -0.2) is 54.5 Å². The van der Waals surface area contributed by atoms with Gasteiger partial charge in [-0.15, -0.1) is 0 Å². The summed E-state index contributed by atoms with van der Waals surface area (Å²) in [5.74, 6) is -0.140. The van der Waals surface area contributed by atoms with Crippen molar-refractivity contribution < 1.29 is 17.9 Å². The van der Waals surface area contributed by atoms with Crippen LogP contribution in [0.25, 0.3) is 11.1 Å². The van der Waals surface area contributed by atoms with E-state index in [2.05, 4.69) is 20.6 Å². The van der Waals surface area contributed by atoms with Crippen LogP contribution in [0.1, 0.15) is 29.8 Å². The van der Waals surface area contributed by atoms with Crippen molar-refractivity contribution in [2.45, 2.75) is 18.9 Å². The number of nitrogens with zero attached hydrogens (tertiary/aromatic N) is 2. The van der Waals surface area contributed by atoms with E-state index >= 15 is 0 Å². The molecular weight excluding hydrogens is 457 g/mol. The maximum Gasteiger partial charge on any atom is 0.257 e. The lowest BCUT2D eigenvalue weighted by Gasteiger charge is -2.33. The minimum Gasteiger partial charge on any atom is -0.771 e. The zero-order valence-corrected chi connectivity index (χ0v) is 19.0. The number of likely N-dealkylation sites (tertiary alicyclic amines) is 1. The van der Waals surface area contributed by atoms with Gasteiger partial charge in [-0.2, -0.15) is 0 Å². The monoisotopic (exact) mass is 480 g/mol. The first kappa shape index (κ1) is 22.5. The highest BCUT2D eigenvalue weighted by Crippen LogP contribution is 2.40. The minimum atomic E-state index is -2.07. The van der Waals surface area contributed by atoms with Crippen molar-refractivity contribution >= 4 is 39.5 Å². The number of carbonyl (C=O) groups excluding carboxylic acids is 1. The van der Waals surface area contributed by atoms with Gasteiger partial charge < -0.3 is 20.2 Å². The predicted molar refractivity (Wildman–Crippen MR) is 128 cm³/mol. The largest absolute Gasteiger partial charge is 0.771 e. The molecule has 1 aromatic heterocycles. The summed E-state index contributed by atoms with van der Waals surface area (Å²) in [5.41, 5.74) is 3.75. The maximum absolute atomic E-state index is 14.1. The lowest BCUT2D eigenvalue weighted by molar-refractivity contribution is -0.110. The molecule has 3 N–H and O–H groups in total. The van der Waals surface area contributed by atoms with E-state index in [1.807, 2.05) is 23.1 Å². The van der Waals surface area contributed by atoms with E-state index in [-0.39, 0.29) is 17.8 Å². The van der Waals surface area contributed by atoms with Crippen molar-refractivity contribution in [2.24, 2.45) is 0 Å². The molecule has 3 aromatic rings. The average molecular weight is 481 g/mol. The predicted octanol–water partition coefficient (Wildman–Crippen LogP) is 3.17. The fourth-order valence-electron chi connectivity index (χ4n) is 4.54. The Morgan fingerprint density at radius 3 is 2.76 bits per heavy atom. The molecule has 2 aliphatic heterocycles. The number of anilines is 2. The van der Waals surface area contributed by atoms with Crippen LogP contribution in [0.2, 0.25) is 0 Å². The number of halogens is 1. The van der Waals surface area contributed by atoms with E-state index in [0.29, 0.717) is 46.9 Å². The van der Waals surface area contributed by atoms with Gasteiger partial charge in [-0.3, -0.25) is 13.9 Å². The van der Waals surface area contributed by atoms with Crippen molar-refractivity contribution in [2.75, 3.05) is 29.6 Å². The lowest BCUT2D eigenvalue weighted by Crippen LogP contribution is -2.40. The van der Waals surface area contributed by atoms with Gasteiger partial charge in [-0.1, -0.05) is 12.1 Å². The number of hydrogen-bond donors (Lipinski definition) is 3. The fraction of sp³-hybridized carbons (Fsp3) is 0.250. The molecule has 0 bridgehead atoms. The van der Waals surface area contributed by atoms with Gasteiger partial charge in [0, 0.05) is 54.0 Å². The molecule has 1 unspecified atom stereocenters. The first-order chi connectivity index (χ1) is 16.5. The van der Waals surface area contributed by atoms with Crippen molar-refractivity contribution in [3.63, 3.8) is 0 Å². The first-order valence-corrected chi connectivity index (χ1v) is 12.2. The smallest absolute Gasteiger partial charge is 0.257 e. The molecule has 1 atom stereocenters. The van der Waals surface area contributed by atoms with Crippen LogP contribution in [0.3, 0.4) is 0 Å². The maximum atomic E-state index is 14.1. The third-order valence-corrected chi connectivity index (χ3v) is 6.68. The van der Waals surface area contributed by atoms with E-state index < -0.39 is 16.9 Å². The van der Waals surface area contributed by atoms with Crippen LogP contribution in [-0.2, 0) is 15.9 Å². The van der Waals surface area contributed by atoms with Gasteiger partial charge >= 0.3 is 0 Å². The van der Waals surface area contributed by atoms with Gasteiger partial charge in [0.2, 0.25) is 0 Å². The average Bonchev–Trinajstić information content (AvgIpc) is 3.44. The van der Waals surface area contributed by atoms with Gasteiger partial charge in [-0.25, -0.2) is 9.37 Å². The SMILES string of the molecule is O=C1Nc2ccc(NC3CCN(CS(=O)[O-])CC3)cc2C1=C(c1cccc(F)c1)c1ncc[nH]1. The number of hydrogen-bond acceptors (Lipinski definition) is 6. The second-order valence-corrected chi connectivity index (χ2v) is 9.25. The standard InChI is InChI=1S/C24H24FN5O3S/c25-16-3-1-2-15(12-16)21(23-26-8-9-27-23)22-19-13-18(4-5-20(19)29-24(22)31)28-17-6-10-30(11-7-17)14-34(32)33/h1-5,8-9,12-13,17,28H,6-7,10-11,14H2,(H,26,27)(H,29,31)(H,32,33)/p-1. The quantitative estimate of drug-likeness (QED) is 0.369. The Hall–Kier alpha value is -3.34. The summed E-state index contributed by atoms with van der Waals surface area (Å²) < 4.78 is 36.0. The molecule has 8 nitrogen and oxygen atoms in total. The molecule has 10 heteroatoms. The molecule has 2 aromatic carbocycles. The van der Waals surface area contributed by atoms with Crippen LogP contribution in [0.15, 0.2) is 54.9 Å². The van der Waals surface area contributed by atoms with Crippen LogP contribution in [0, 0.1) is 5.82 Å². The van der Waals surface area contributed by atoms with E-state index in [0.717, 1.165) is 18.5 Å². The molecule has 0 aliphatic carbocycles. The third kappa shape index (κ3) is 4.65. The van der Waals surface area contributed by atoms with Crippen LogP contribution >= 0.6 is 0 Å². The molecular formula is C24H23FN5O3S-. The van der Waals surface area contributed by atoms with Crippen molar-refractivity contribution in [3.8, 4) is 0 Å². The summed E-state index contributed by atoms with van der Waals surface area (Å²) >= 11 is -2.07. The van der Waals surface area contributed by atoms with E-state index in [4.69, 9.17) is 0 Å². The van der Waals surface area contributed by atoms with Gasteiger partial charge in [0.15, 0.2) is 0 Å². The number of aromatic nitrogens is 2. The second-order valence-electron chi connectivity index (χ2n) is 8.38. The highest BCUT2D eigenvalue weighted by molar-refractivity contribution is 7.79. The molecule has 2 aliphatic rings. The molecule has 176 valence electrons. The summed E-state index contributed by atoms with van der Waals surface area (Å²) in [7, 11) is 0. The number of carbonyl (C=O) groups is 1. The molecule has 3 heterocycles. The zero-order chi connectivity index (χ0) is 23.7. The summed E-state index contributed by atoms with van der Waals surface area (Å²) in [6.07, 6.45) is 4.88. The number of aromatic amines is 1. The molecule has 5 rings (SSSR count). The number of H-pyrrole nitrogens is 1. The normalized spacial score (nSPS) is 18.9. The number of nitrogens with one attached hydrogen (secondary N) is 3. The number of amides is 1. The summed E-state index contributed by atoms with van der Waals surface area (Å²) in [6.45, 7) is 1.40. The molecule has 0 saturated carbocycles. The fourth-order valence-corrected chi connectivity index (χ4v) is 5.10. The van der Waals surface area contributed by atoms with Crippen LogP contribution in [0.4, 0.5) is 15.8 Å². The van der Waals surface area contributed by atoms with Crippen molar-refractivity contribution in [1.29, 1.82) is 0 Å². The van der Waals surface area contributed by atoms with Crippen molar-refractivity contribution in [1.82, 2.24) is 14.9 Å². The van der Waals surface area contributed by atoms with E-state index in [9.17, 15) is 17.9 Å². The summed E-state index contributed by atoms with van der Waals surface area (Å²) in [6, 6.07) is 12.0. The first-order valence-electron chi connectivity index (χ1n) is 11.0. The number of imidazole rings is 1. The Labute approximate surface area is 198 Å². The van der Waals surface area contributed by atoms with Gasteiger partial charge in [0.05, 0.1) is 11.4 Å². The third-order valence-electron chi connectivity index (χ3n) is 6.11. The molecule has 34 heavy (non-hydrogen) atoms. The number of piperidine rings is 1. The number of rotatable bonds is 6. The van der Waals surface area contributed by atoms with Crippen LogP contribution < -0.4 is 10.6 Å². The van der Waals surface area contributed by atoms with Gasteiger partial charge in [0.1, 0.15) is 11.6 Å². The molecule has 1 saturated heterocycles. The Balaban J connectivity index is 1.48. The minimum absolute atomic E-state index is 0.0587.